The van der Waals surface area contributed by atoms with Crippen LogP contribution in [0.15, 0.2) is 48.5 Å². The van der Waals surface area contributed by atoms with Gasteiger partial charge in [0.2, 0.25) is 0 Å². The van der Waals surface area contributed by atoms with Crippen LogP contribution in [0.4, 0.5) is 10.5 Å². The maximum absolute atomic E-state index is 12.5. The van der Waals surface area contributed by atoms with E-state index in [9.17, 15) is 14.7 Å². The van der Waals surface area contributed by atoms with Crippen molar-refractivity contribution in [3.05, 3.63) is 65.2 Å². The first-order chi connectivity index (χ1) is 14.2. The Kier molecular flexibility index (Phi) is 6.74. The van der Waals surface area contributed by atoms with E-state index in [1.165, 1.54) is 11.1 Å². The fourth-order valence-electron chi connectivity index (χ4n) is 3.37. The number of hydrogen-bond donors (Lipinski definition) is 3. The van der Waals surface area contributed by atoms with Crippen molar-refractivity contribution >= 4 is 17.7 Å². The number of anilines is 1. The van der Waals surface area contributed by atoms with Crippen LogP contribution >= 0.6 is 0 Å². The van der Waals surface area contributed by atoms with Gasteiger partial charge < -0.3 is 15.2 Å². The molecule has 7 heteroatoms. The summed E-state index contributed by atoms with van der Waals surface area (Å²) >= 11 is 0. The maximum Gasteiger partial charge on any atom is 0.412 e. The number of carbonyl (C=O) groups is 2. The third kappa shape index (κ3) is 6.30. The molecule has 0 aliphatic carbocycles. The number of carbonyl (C=O) groups excluding carboxylic acids is 2. The summed E-state index contributed by atoms with van der Waals surface area (Å²) in [5.41, 5.74) is 2.81. The number of aliphatic hydroxyl groups is 1. The lowest BCUT2D eigenvalue weighted by atomic mass is 10.1. The molecule has 30 heavy (non-hydrogen) atoms. The van der Waals surface area contributed by atoms with Gasteiger partial charge in [0, 0.05) is 37.4 Å². The first-order valence-electron chi connectivity index (χ1n) is 10.0. The van der Waals surface area contributed by atoms with E-state index < -0.39 is 17.8 Å². The van der Waals surface area contributed by atoms with Gasteiger partial charge in [0.25, 0.3) is 5.91 Å². The average molecular weight is 412 g/mol. The highest BCUT2D eigenvalue weighted by molar-refractivity contribution is 5.96. The quantitative estimate of drug-likeness (QED) is 0.679. The van der Waals surface area contributed by atoms with Crippen molar-refractivity contribution in [1.82, 2.24) is 10.2 Å². The molecule has 1 unspecified atom stereocenters. The van der Waals surface area contributed by atoms with Gasteiger partial charge in [-0.15, -0.1) is 0 Å². The second-order valence-corrected chi connectivity index (χ2v) is 8.51. The van der Waals surface area contributed by atoms with Crippen LogP contribution in [-0.4, -0.2) is 46.8 Å². The highest BCUT2D eigenvalue weighted by Crippen LogP contribution is 2.22. The van der Waals surface area contributed by atoms with Crippen LogP contribution in [0, 0.1) is 0 Å². The summed E-state index contributed by atoms with van der Waals surface area (Å²) in [5, 5.41) is 15.7. The standard InChI is InChI=1S/C23H29N3O4/c1-23(2,3)30-22(29)25-19-10-6-9-16(11-19)21(28)24-12-20(27)15-26-13-17-7-4-5-8-18(17)14-26/h4-11,20,27H,12-15H2,1-3H3,(H,24,28)(H,25,29). The monoisotopic (exact) mass is 411 g/mol. The van der Waals surface area contributed by atoms with Gasteiger partial charge in [-0.05, 0) is 50.1 Å². The van der Waals surface area contributed by atoms with Crippen LogP contribution in [-0.2, 0) is 17.8 Å². The molecule has 1 atom stereocenters. The van der Waals surface area contributed by atoms with E-state index in [1.54, 1.807) is 45.0 Å². The number of ether oxygens (including phenoxy) is 1. The lowest BCUT2D eigenvalue weighted by Gasteiger charge is -2.20. The summed E-state index contributed by atoms with van der Waals surface area (Å²) in [6.07, 6.45) is -1.26. The summed E-state index contributed by atoms with van der Waals surface area (Å²) in [6, 6.07) is 14.8. The van der Waals surface area contributed by atoms with Crippen LogP contribution in [0.5, 0.6) is 0 Å². The van der Waals surface area contributed by atoms with Gasteiger partial charge in [-0.25, -0.2) is 4.79 Å². The van der Waals surface area contributed by atoms with Crippen molar-refractivity contribution in [3.8, 4) is 0 Å². The minimum absolute atomic E-state index is 0.148. The Balaban J connectivity index is 1.47. The van der Waals surface area contributed by atoms with Gasteiger partial charge in [-0.1, -0.05) is 30.3 Å². The molecule has 1 heterocycles. The maximum atomic E-state index is 12.5. The van der Waals surface area contributed by atoms with Crippen LogP contribution in [0.3, 0.4) is 0 Å². The van der Waals surface area contributed by atoms with Gasteiger partial charge in [0.1, 0.15) is 5.60 Å². The number of nitrogens with zero attached hydrogens (tertiary/aromatic N) is 1. The third-order valence-electron chi connectivity index (χ3n) is 4.64. The fourth-order valence-corrected chi connectivity index (χ4v) is 3.37. The first-order valence-corrected chi connectivity index (χ1v) is 10.0. The number of fused-ring (bicyclic) bond motifs is 1. The van der Waals surface area contributed by atoms with Crippen molar-refractivity contribution in [2.45, 2.75) is 45.6 Å². The molecule has 0 spiro atoms. The Morgan fingerprint density at radius 3 is 2.40 bits per heavy atom. The summed E-state index contributed by atoms with van der Waals surface area (Å²) in [6.45, 7) is 7.58. The van der Waals surface area contributed by atoms with Crippen molar-refractivity contribution in [1.29, 1.82) is 0 Å². The van der Waals surface area contributed by atoms with Crippen LogP contribution in [0.2, 0.25) is 0 Å². The minimum Gasteiger partial charge on any atom is -0.444 e. The SMILES string of the molecule is CC(C)(C)OC(=O)Nc1cccc(C(=O)NCC(O)CN2Cc3ccccc3C2)c1. The molecular formula is C23H29N3O4. The van der Waals surface area contributed by atoms with E-state index in [2.05, 4.69) is 27.7 Å². The molecule has 2 amide bonds. The highest BCUT2D eigenvalue weighted by atomic mass is 16.6. The predicted molar refractivity (Wildman–Crippen MR) is 115 cm³/mol. The number of β-amino-alcohol motifs (C(OH)–C–C–N with tert-alkyl or cyclic N) is 1. The molecule has 0 radical (unpaired) electrons. The Morgan fingerprint density at radius 2 is 1.77 bits per heavy atom. The molecule has 160 valence electrons. The fraction of sp³-hybridized carbons (Fsp3) is 0.391. The summed E-state index contributed by atoms with van der Waals surface area (Å²) in [5.74, 6) is -0.313. The zero-order valence-corrected chi connectivity index (χ0v) is 17.6. The number of benzene rings is 2. The highest BCUT2D eigenvalue weighted by Gasteiger charge is 2.21. The van der Waals surface area contributed by atoms with Crippen molar-refractivity contribution < 1.29 is 19.4 Å². The van der Waals surface area contributed by atoms with Crippen molar-refractivity contribution in [2.75, 3.05) is 18.4 Å². The average Bonchev–Trinajstić information content (AvgIpc) is 3.07. The smallest absolute Gasteiger partial charge is 0.412 e. The lowest BCUT2D eigenvalue weighted by molar-refractivity contribution is 0.0635. The van der Waals surface area contributed by atoms with Crippen molar-refractivity contribution in [3.63, 3.8) is 0 Å². The van der Waals surface area contributed by atoms with Crippen LogP contribution in [0.1, 0.15) is 42.3 Å². The molecule has 0 saturated heterocycles. The lowest BCUT2D eigenvalue weighted by Crippen LogP contribution is -2.38. The van der Waals surface area contributed by atoms with E-state index >= 15 is 0 Å². The zero-order chi connectivity index (χ0) is 21.7. The third-order valence-corrected chi connectivity index (χ3v) is 4.64. The van der Waals surface area contributed by atoms with Gasteiger partial charge in [-0.3, -0.25) is 15.0 Å². The normalized spacial score (nSPS) is 14.7. The van der Waals surface area contributed by atoms with E-state index in [-0.39, 0.29) is 12.5 Å². The van der Waals surface area contributed by atoms with Crippen LogP contribution < -0.4 is 10.6 Å². The molecule has 3 N–H and O–H groups in total. The predicted octanol–water partition coefficient (Wildman–Crippen LogP) is 3.14. The Bertz CT molecular complexity index is 882. The van der Waals surface area contributed by atoms with Gasteiger partial charge >= 0.3 is 6.09 Å². The molecule has 0 saturated carbocycles. The molecule has 0 aromatic heterocycles. The Hall–Kier alpha value is -2.90. The van der Waals surface area contributed by atoms with Gasteiger partial charge in [-0.2, -0.15) is 0 Å². The zero-order valence-electron chi connectivity index (χ0n) is 17.6. The molecule has 1 aliphatic rings. The molecule has 2 aromatic carbocycles. The van der Waals surface area contributed by atoms with E-state index in [0.29, 0.717) is 17.8 Å². The largest absolute Gasteiger partial charge is 0.444 e. The molecule has 0 fully saturated rings. The first kappa shape index (κ1) is 21.8. The van der Waals surface area contributed by atoms with Gasteiger partial charge in [0.15, 0.2) is 0 Å². The van der Waals surface area contributed by atoms with Crippen LogP contribution in [0.25, 0.3) is 0 Å². The summed E-state index contributed by atoms with van der Waals surface area (Å²) in [7, 11) is 0. The summed E-state index contributed by atoms with van der Waals surface area (Å²) in [4.78, 5) is 26.5. The molecule has 1 aliphatic heterocycles. The number of rotatable bonds is 6. The molecular weight excluding hydrogens is 382 g/mol. The summed E-state index contributed by atoms with van der Waals surface area (Å²) < 4.78 is 5.22. The van der Waals surface area contributed by atoms with Gasteiger partial charge in [0.05, 0.1) is 6.10 Å². The number of hydrogen-bond acceptors (Lipinski definition) is 5. The second-order valence-electron chi connectivity index (χ2n) is 8.51. The molecule has 7 nitrogen and oxygen atoms in total. The molecule has 0 bridgehead atoms. The Morgan fingerprint density at radius 1 is 1.10 bits per heavy atom. The number of amides is 2. The van der Waals surface area contributed by atoms with E-state index in [1.807, 2.05) is 12.1 Å². The number of nitrogens with one attached hydrogen (secondary N) is 2. The van der Waals surface area contributed by atoms with Crippen molar-refractivity contribution in [2.24, 2.45) is 0 Å². The van der Waals surface area contributed by atoms with E-state index in [4.69, 9.17) is 4.74 Å². The van der Waals surface area contributed by atoms with E-state index in [0.717, 1.165) is 13.1 Å². The Labute approximate surface area is 177 Å². The molecule has 2 aromatic rings. The topological polar surface area (TPSA) is 90.9 Å². The molecule has 3 rings (SSSR count). The minimum atomic E-state index is -0.675. The second kappa shape index (κ2) is 9.28. The number of aliphatic hydroxyl groups excluding tert-OH is 1.